The standard InChI is InChI=1S/C15H14N4O2/c1-10-3-2-4-14-17-15(13(9-16)18(10)14)11-5-7-12(8-6-11)19(20)21/h2-8H,9,16H2,1H3. The zero-order chi connectivity index (χ0) is 15.0. The van der Waals surface area contributed by atoms with Gasteiger partial charge in [-0.2, -0.15) is 0 Å². The number of hydrogen-bond donors (Lipinski definition) is 1. The number of pyridine rings is 1. The van der Waals surface area contributed by atoms with Crippen molar-refractivity contribution < 1.29 is 4.92 Å². The van der Waals surface area contributed by atoms with Crippen molar-refractivity contribution in [3.63, 3.8) is 0 Å². The van der Waals surface area contributed by atoms with E-state index in [-0.39, 0.29) is 5.69 Å². The van der Waals surface area contributed by atoms with Crippen molar-refractivity contribution in [2.75, 3.05) is 0 Å². The molecule has 0 radical (unpaired) electrons. The molecule has 0 amide bonds. The minimum atomic E-state index is -0.415. The van der Waals surface area contributed by atoms with Crippen molar-refractivity contribution in [1.82, 2.24) is 9.38 Å². The van der Waals surface area contributed by atoms with Gasteiger partial charge in [-0.25, -0.2) is 4.98 Å². The number of aromatic nitrogens is 2. The van der Waals surface area contributed by atoms with Gasteiger partial charge < -0.3 is 5.73 Å². The van der Waals surface area contributed by atoms with Gasteiger partial charge in [0.05, 0.1) is 16.3 Å². The van der Waals surface area contributed by atoms with Crippen LogP contribution in [-0.2, 0) is 6.54 Å². The van der Waals surface area contributed by atoms with Crippen molar-refractivity contribution >= 4 is 11.3 Å². The summed E-state index contributed by atoms with van der Waals surface area (Å²) in [7, 11) is 0. The molecule has 6 nitrogen and oxygen atoms in total. The van der Waals surface area contributed by atoms with E-state index in [4.69, 9.17) is 5.73 Å². The van der Waals surface area contributed by atoms with E-state index in [1.165, 1.54) is 12.1 Å². The second-order valence-electron chi connectivity index (χ2n) is 4.78. The van der Waals surface area contributed by atoms with E-state index < -0.39 is 4.92 Å². The van der Waals surface area contributed by atoms with Gasteiger partial charge in [-0.1, -0.05) is 6.07 Å². The summed E-state index contributed by atoms with van der Waals surface area (Å²) in [6.45, 7) is 2.34. The average molecular weight is 282 g/mol. The van der Waals surface area contributed by atoms with Gasteiger partial charge in [0.25, 0.3) is 5.69 Å². The number of nitrogens with two attached hydrogens (primary N) is 1. The zero-order valence-corrected chi connectivity index (χ0v) is 11.5. The van der Waals surface area contributed by atoms with E-state index in [0.717, 1.165) is 28.3 Å². The van der Waals surface area contributed by atoms with Crippen LogP contribution in [0.25, 0.3) is 16.9 Å². The Kier molecular flexibility index (Phi) is 3.15. The summed E-state index contributed by atoms with van der Waals surface area (Å²) in [5.74, 6) is 0. The van der Waals surface area contributed by atoms with Gasteiger partial charge >= 0.3 is 0 Å². The Balaban J connectivity index is 2.20. The van der Waals surface area contributed by atoms with Crippen LogP contribution in [0.3, 0.4) is 0 Å². The Hall–Kier alpha value is -2.73. The number of nitro groups is 1. The molecule has 106 valence electrons. The predicted molar refractivity (Wildman–Crippen MR) is 79.9 cm³/mol. The van der Waals surface area contributed by atoms with Crippen molar-refractivity contribution in [3.05, 3.63) is 64.0 Å². The van der Waals surface area contributed by atoms with E-state index >= 15 is 0 Å². The number of non-ortho nitro benzene ring substituents is 1. The molecular weight excluding hydrogens is 268 g/mol. The van der Waals surface area contributed by atoms with Crippen molar-refractivity contribution in [2.24, 2.45) is 5.73 Å². The number of rotatable bonds is 3. The Bertz CT molecular complexity index is 822. The number of fused-ring (bicyclic) bond motifs is 1. The summed E-state index contributed by atoms with van der Waals surface area (Å²) in [5.41, 5.74) is 10.3. The molecule has 2 aromatic heterocycles. The Labute approximate surface area is 121 Å². The molecule has 0 aliphatic carbocycles. The molecule has 0 atom stereocenters. The Morgan fingerprint density at radius 2 is 1.95 bits per heavy atom. The van der Waals surface area contributed by atoms with Gasteiger partial charge in [0, 0.05) is 29.9 Å². The number of benzene rings is 1. The summed E-state index contributed by atoms with van der Waals surface area (Å²) in [4.78, 5) is 14.9. The SMILES string of the molecule is Cc1cccc2nc(-c3ccc([N+](=O)[O-])cc3)c(CN)n12. The molecule has 3 aromatic rings. The fourth-order valence-electron chi connectivity index (χ4n) is 2.49. The summed E-state index contributed by atoms with van der Waals surface area (Å²) in [5, 5.41) is 10.7. The summed E-state index contributed by atoms with van der Waals surface area (Å²) >= 11 is 0. The predicted octanol–water partition coefficient (Wildman–Crippen LogP) is 2.68. The Morgan fingerprint density at radius 1 is 1.24 bits per heavy atom. The quantitative estimate of drug-likeness (QED) is 0.591. The lowest BCUT2D eigenvalue weighted by Gasteiger charge is -2.05. The molecule has 2 N–H and O–H groups in total. The second-order valence-corrected chi connectivity index (χ2v) is 4.78. The molecule has 0 saturated heterocycles. The van der Waals surface area contributed by atoms with Crippen molar-refractivity contribution in [2.45, 2.75) is 13.5 Å². The molecule has 0 aliphatic rings. The smallest absolute Gasteiger partial charge is 0.269 e. The average Bonchev–Trinajstić information content (AvgIpc) is 2.87. The van der Waals surface area contributed by atoms with E-state index in [1.807, 2.05) is 29.5 Å². The van der Waals surface area contributed by atoms with Crippen molar-refractivity contribution in [1.29, 1.82) is 0 Å². The lowest BCUT2D eigenvalue weighted by Crippen LogP contribution is -2.04. The van der Waals surface area contributed by atoms with Gasteiger partial charge in [-0.15, -0.1) is 0 Å². The topological polar surface area (TPSA) is 86.5 Å². The molecule has 6 heteroatoms. The maximum Gasteiger partial charge on any atom is 0.269 e. The van der Waals surface area contributed by atoms with Gasteiger partial charge in [0.15, 0.2) is 0 Å². The van der Waals surface area contributed by atoms with Crippen molar-refractivity contribution in [3.8, 4) is 11.3 Å². The van der Waals surface area contributed by atoms with E-state index in [2.05, 4.69) is 4.98 Å². The third-order valence-electron chi connectivity index (χ3n) is 3.48. The lowest BCUT2D eigenvalue weighted by molar-refractivity contribution is -0.384. The van der Waals surface area contributed by atoms with Gasteiger partial charge in [0.1, 0.15) is 5.65 Å². The summed E-state index contributed by atoms with van der Waals surface area (Å²) in [6, 6.07) is 12.2. The highest BCUT2D eigenvalue weighted by Gasteiger charge is 2.15. The van der Waals surface area contributed by atoms with Crippen LogP contribution in [0.5, 0.6) is 0 Å². The monoisotopic (exact) mass is 282 g/mol. The highest BCUT2D eigenvalue weighted by Crippen LogP contribution is 2.26. The third-order valence-corrected chi connectivity index (χ3v) is 3.48. The molecule has 0 aliphatic heterocycles. The highest BCUT2D eigenvalue weighted by atomic mass is 16.6. The van der Waals surface area contributed by atoms with E-state index in [0.29, 0.717) is 6.54 Å². The Morgan fingerprint density at radius 3 is 2.57 bits per heavy atom. The molecular formula is C15H14N4O2. The maximum atomic E-state index is 10.7. The highest BCUT2D eigenvalue weighted by molar-refractivity contribution is 5.68. The fraction of sp³-hybridized carbons (Fsp3) is 0.133. The second kappa shape index (κ2) is 4.99. The molecule has 0 bridgehead atoms. The normalized spacial score (nSPS) is 11.0. The van der Waals surface area contributed by atoms with E-state index in [1.54, 1.807) is 12.1 Å². The summed E-state index contributed by atoms with van der Waals surface area (Å²) < 4.78 is 2.01. The number of aryl methyl sites for hydroxylation is 1. The molecule has 21 heavy (non-hydrogen) atoms. The lowest BCUT2D eigenvalue weighted by atomic mass is 10.1. The van der Waals surface area contributed by atoms with Crippen LogP contribution in [0.15, 0.2) is 42.5 Å². The van der Waals surface area contributed by atoms with Crippen LogP contribution in [0.2, 0.25) is 0 Å². The minimum absolute atomic E-state index is 0.0630. The first-order valence-corrected chi connectivity index (χ1v) is 6.53. The van der Waals surface area contributed by atoms with Gasteiger partial charge in [-0.3, -0.25) is 14.5 Å². The number of imidazole rings is 1. The molecule has 0 saturated carbocycles. The van der Waals surface area contributed by atoms with Gasteiger partial charge in [-0.05, 0) is 31.2 Å². The number of nitro benzene ring substituents is 1. The first kappa shape index (κ1) is 13.3. The number of hydrogen-bond acceptors (Lipinski definition) is 4. The minimum Gasteiger partial charge on any atom is -0.325 e. The van der Waals surface area contributed by atoms with Crippen LogP contribution >= 0.6 is 0 Å². The van der Waals surface area contributed by atoms with Crippen LogP contribution in [0, 0.1) is 17.0 Å². The van der Waals surface area contributed by atoms with Crippen LogP contribution in [-0.4, -0.2) is 14.3 Å². The largest absolute Gasteiger partial charge is 0.325 e. The van der Waals surface area contributed by atoms with Gasteiger partial charge in [0.2, 0.25) is 0 Å². The maximum absolute atomic E-state index is 10.7. The zero-order valence-electron chi connectivity index (χ0n) is 11.5. The molecule has 2 heterocycles. The molecule has 0 spiro atoms. The molecule has 0 fully saturated rings. The molecule has 0 unspecified atom stereocenters. The fourth-order valence-corrected chi connectivity index (χ4v) is 2.49. The van der Waals surface area contributed by atoms with Crippen LogP contribution in [0.4, 0.5) is 5.69 Å². The van der Waals surface area contributed by atoms with E-state index in [9.17, 15) is 10.1 Å². The van der Waals surface area contributed by atoms with Crippen LogP contribution in [0.1, 0.15) is 11.4 Å². The number of nitrogens with zero attached hydrogens (tertiary/aromatic N) is 3. The molecule has 3 rings (SSSR count). The van der Waals surface area contributed by atoms with Crippen LogP contribution < -0.4 is 5.73 Å². The summed E-state index contributed by atoms with van der Waals surface area (Å²) in [6.07, 6.45) is 0. The third kappa shape index (κ3) is 2.15. The first-order chi connectivity index (χ1) is 10.1. The first-order valence-electron chi connectivity index (χ1n) is 6.53. The molecule has 1 aromatic carbocycles.